The molecule has 2 unspecified atom stereocenters. The fraction of sp³-hybridized carbons (Fsp3) is 0.816. The summed E-state index contributed by atoms with van der Waals surface area (Å²) in [5.41, 5.74) is 0. The highest BCUT2D eigenvalue weighted by molar-refractivity contribution is 7.45. The van der Waals surface area contributed by atoms with Crippen molar-refractivity contribution in [2.24, 2.45) is 0 Å². The molecule has 0 fully saturated rings. The lowest BCUT2D eigenvalue weighted by molar-refractivity contribution is -0.870. The van der Waals surface area contributed by atoms with Crippen LogP contribution in [0.15, 0.2) is 48.6 Å². The highest BCUT2D eigenvalue weighted by Gasteiger charge is 2.20. The number of phosphoric acid groups is 1. The Morgan fingerprint density at radius 3 is 1.52 bits per heavy atom. The minimum absolute atomic E-state index is 0.0223. The van der Waals surface area contributed by atoms with E-state index < -0.39 is 13.9 Å². The summed E-state index contributed by atoms with van der Waals surface area (Å²) in [6, 6.07) is 0. The second kappa shape index (κ2) is 42.2. The molecule has 0 rings (SSSR count). The number of likely N-dealkylation sites (N-methyl/N-ethyl adjacent to an activating group) is 1. The summed E-state index contributed by atoms with van der Waals surface area (Å²) in [5.74, 6) is -0.345. The van der Waals surface area contributed by atoms with Crippen LogP contribution in [0.1, 0.15) is 200 Å². The van der Waals surface area contributed by atoms with Crippen LogP contribution in [0.3, 0.4) is 0 Å². The molecule has 0 saturated heterocycles. The van der Waals surface area contributed by atoms with Gasteiger partial charge in [0.15, 0.2) is 0 Å². The third kappa shape index (κ3) is 45.5. The summed E-state index contributed by atoms with van der Waals surface area (Å²) in [6.45, 7) is 5.29. The van der Waals surface area contributed by atoms with E-state index in [1.54, 1.807) is 0 Å². The van der Waals surface area contributed by atoms with Crippen LogP contribution >= 0.6 is 7.82 Å². The molecule has 0 spiro atoms. The third-order valence-electron chi connectivity index (χ3n) is 10.1. The zero-order chi connectivity index (χ0) is 42.7. The first-order chi connectivity index (χ1) is 28.1. The summed E-state index contributed by atoms with van der Waals surface area (Å²) in [5, 5.41) is 0. The first kappa shape index (κ1) is 56.5. The van der Waals surface area contributed by atoms with Crippen molar-refractivity contribution >= 4 is 13.8 Å². The van der Waals surface area contributed by atoms with Crippen molar-refractivity contribution in [1.29, 1.82) is 0 Å². The van der Waals surface area contributed by atoms with Crippen LogP contribution in [0.5, 0.6) is 0 Å². The summed E-state index contributed by atoms with van der Waals surface area (Å²) in [6.07, 6.45) is 51.2. The molecular formula is C49H92NO7P. The lowest BCUT2D eigenvalue weighted by atomic mass is 10.1. The number of unbranched alkanes of at least 4 members (excludes halogenated alkanes) is 22. The van der Waals surface area contributed by atoms with E-state index in [1.165, 1.54) is 122 Å². The van der Waals surface area contributed by atoms with E-state index >= 15 is 0 Å². The summed E-state index contributed by atoms with van der Waals surface area (Å²) in [7, 11) is 1.35. The molecule has 0 aliphatic heterocycles. The molecule has 2 atom stereocenters. The maximum atomic E-state index is 12.7. The average molecular weight is 838 g/mol. The minimum atomic E-state index is -4.53. The lowest BCUT2D eigenvalue weighted by Gasteiger charge is -2.28. The molecule has 0 amide bonds. The van der Waals surface area contributed by atoms with Gasteiger partial charge in [-0.25, -0.2) is 0 Å². The van der Waals surface area contributed by atoms with Gasteiger partial charge in [0, 0.05) is 13.0 Å². The van der Waals surface area contributed by atoms with Crippen LogP contribution < -0.4 is 4.89 Å². The van der Waals surface area contributed by atoms with Crippen LogP contribution in [-0.4, -0.2) is 70.7 Å². The van der Waals surface area contributed by atoms with Crippen molar-refractivity contribution in [3.05, 3.63) is 48.6 Å². The molecule has 0 radical (unpaired) electrons. The first-order valence-electron chi connectivity index (χ1n) is 23.9. The van der Waals surface area contributed by atoms with Crippen molar-refractivity contribution in [2.45, 2.75) is 206 Å². The summed E-state index contributed by atoms with van der Waals surface area (Å²) in [4.78, 5) is 25.1. The van der Waals surface area contributed by atoms with E-state index in [1.807, 2.05) is 21.1 Å². The topological polar surface area (TPSA) is 94.1 Å². The molecular weight excluding hydrogens is 746 g/mol. The maximum Gasteiger partial charge on any atom is 0.306 e. The average Bonchev–Trinajstić information content (AvgIpc) is 3.18. The Morgan fingerprint density at radius 1 is 0.552 bits per heavy atom. The highest BCUT2D eigenvalue weighted by atomic mass is 31.2. The number of carbonyl (C=O) groups excluding carboxylic acids is 1. The number of quaternary nitrogens is 1. The number of nitrogens with zero attached hydrogens (tertiary/aromatic N) is 1. The van der Waals surface area contributed by atoms with Crippen molar-refractivity contribution in [3.63, 3.8) is 0 Å². The molecule has 8 nitrogen and oxygen atoms in total. The second-order valence-corrected chi connectivity index (χ2v) is 18.5. The van der Waals surface area contributed by atoms with Gasteiger partial charge in [-0.2, -0.15) is 0 Å². The molecule has 0 aliphatic carbocycles. The van der Waals surface area contributed by atoms with Gasteiger partial charge < -0.3 is 27.9 Å². The quantitative estimate of drug-likeness (QED) is 0.0198. The van der Waals surface area contributed by atoms with Gasteiger partial charge in [0.25, 0.3) is 7.82 Å². The fourth-order valence-corrected chi connectivity index (χ4v) is 7.17. The van der Waals surface area contributed by atoms with Gasteiger partial charge in [0.05, 0.1) is 34.4 Å². The monoisotopic (exact) mass is 838 g/mol. The minimum Gasteiger partial charge on any atom is -0.756 e. The first-order valence-corrected chi connectivity index (χ1v) is 25.3. The second-order valence-electron chi connectivity index (χ2n) is 17.1. The Hall–Kier alpha value is -1.54. The predicted molar refractivity (Wildman–Crippen MR) is 245 cm³/mol. The fourth-order valence-electron chi connectivity index (χ4n) is 6.44. The van der Waals surface area contributed by atoms with Gasteiger partial charge in [-0.1, -0.05) is 172 Å². The van der Waals surface area contributed by atoms with Crippen molar-refractivity contribution < 1.29 is 37.3 Å². The molecule has 0 bridgehead atoms. The highest BCUT2D eigenvalue weighted by Crippen LogP contribution is 2.38. The van der Waals surface area contributed by atoms with Gasteiger partial charge in [-0.15, -0.1) is 0 Å². The van der Waals surface area contributed by atoms with Gasteiger partial charge >= 0.3 is 5.97 Å². The van der Waals surface area contributed by atoms with E-state index in [0.29, 0.717) is 24.1 Å². The third-order valence-corrected chi connectivity index (χ3v) is 11.1. The van der Waals surface area contributed by atoms with Gasteiger partial charge in [-0.3, -0.25) is 9.36 Å². The van der Waals surface area contributed by atoms with Gasteiger partial charge in [0.2, 0.25) is 0 Å². The number of esters is 1. The number of rotatable bonds is 44. The summed E-state index contributed by atoms with van der Waals surface area (Å²) >= 11 is 0. The Labute approximate surface area is 358 Å². The molecule has 0 aromatic carbocycles. The number of carbonyl (C=O) groups is 1. The van der Waals surface area contributed by atoms with Crippen molar-refractivity contribution in [1.82, 2.24) is 0 Å². The zero-order valence-corrected chi connectivity index (χ0v) is 39.4. The van der Waals surface area contributed by atoms with Crippen LogP contribution in [0, 0.1) is 0 Å². The Morgan fingerprint density at radius 2 is 1.00 bits per heavy atom. The van der Waals surface area contributed by atoms with Gasteiger partial charge in [0.1, 0.15) is 19.3 Å². The normalized spacial score (nSPS) is 14.1. The SMILES string of the molecule is CC/C=C\C/C=C\C/C=C\CCCCCCCCCC(=O)OC(COCCCCCCCCCC/C=C\CCCCCCCCC)COP(=O)([O-])OCC[N+](C)(C)C. The van der Waals surface area contributed by atoms with E-state index in [2.05, 4.69) is 62.5 Å². The van der Waals surface area contributed by atoms with Crippen LogP contribution in [-0.2, 0) is 27.9 Å². The maximum absolute atomic E-state index is 12.7. The zero-order valence-electron chi connectivity index (χ0n) is 38.5. The Balaban J connectivity index is 4.20. The Kier molecular flexibility index (Phi) is 41.0. The predicted octanol–water partition coefficient (Wildman–Crippen LogP) is 13.7. The van der Waals surface area contributed by atoms with Crippen LogP contribution in [0.4, 0.5) is 0 Å². The number of phosphoric ester groups is 1. The summed E-state index contributed by atoms with van der Waals surface area (Å²) < 4.78 is 34.7. The molecule has 0 saturated carbocycles. The van der Waals surface area contributed by atoms with Crippen LogP contribution in [0.2, 0.25) is 0 Å². The van der Waals surface area contributed by atoms with E-state index in [4.69, 9.17) is 18.5 Å². The molecule has 0 N–H and O–H groups in total. The van der Waals surface area contributed by atoms with Gasteiger partial charge in [-0.05, 0) is 70.6 Å². The van der Waals surface area contributed by atoms with E-state index in [-0.39, 0.29) is 25.8 Å². The molecule has 0 aliphatic rings. The lowest BCUT2D eigenvalue weighted by Crippen LogP contribution is -2.37. The molecule has 0 heterocycles. The standard InChI is InChI=1S/C49H92NO7P/c1-6-8-10-12-14-16-18-20-22-24-25-27-29-31-33-35-37-39-41-44-54-46-48(47-56-58(52,53)55-45-43-50(3,4)5)57-49(51)42-40-38-36-34-32-30-28-26-23-21-19-17-15-13-11-9-7-2/h9,11,15,17,21-24,48H,6-8,10,12-14,16,18-20,25-47H2,1-5H3/b11-9-,17-15-,23-21-,24-22-. The molecule has 0 aromatic heterocycles. The van der Waals surface area contributed by atoms with E-state index in [0.717, 1.165) is 57.8 Å². The van der Waals surface area contributed by atoms with E-state index in [9.17, 15) is 14.3 Å². The van der Waals surface area contributed by atoms with Crippen molar-refractivity contribution in [3.8, 4) is 0 Å². The molecule has 0 aromatic rings. The van der Waals surface area contributed by atoms with Crippen LogP contribution in [0.25, 0.3) is 0 Å². The largest absolute Gasteiger partial charge is 0.756 e. The number of ether oxygens (including phenoxy) is 2. The smallest absolute Gasteiger partial charge is 0.306 e. The molecule has 340 valence electrons. The number of hydrogen-bond acceptors (Lipinski definition) is 7. The molecule has 58 heavy (non-hydrogen) atoms. The Bertz CT molecular complexity index is 1070. The number of hydrogen-bond donors (Lipinski definition) is 0. The van der Waals surface area contributed by atoms with Crippen molar-refractivity contribution in [2.75, 3.05) is 54.1 Å². The number of allylic oxidation sites excluding steroid dienone is 8. The molecule has 9 heteroatoms.